The molecular formula is C18H21N3O3. The van der Waals surface area contributed by atoms with Crippen LogP contribution in [0.25, 0.3) is 0 Å². The Hall–Kier alpha value is -2.89. The molecule has 6 heteroatoms. The molecule has 0 spiro atoms. The van der Waals surface area contributed by atoms with Gasteiger partial charge in [0.1, 0.15) is 5.69 Å². The number of nitrogens with zero attached hydrogens (tertiary/aromatic N) is 1. The number of hydrogen-bond donors (Lipinski definition) is 2. The molecule has 24 heavy (non-hydrogen) atoms. The van der Waals surface area contributed by atoms with Crippen LogP contribution in [-0.2, 0) is 6.54 Å². The second-order valence-corrected chi connectivity index (χ2v) is 5.44. The van der Waals surface area contributed by atoms with Crippen LogP contribution in [0, 0.1) is 10.1 Å². The predicted molar refractivity (Wildman–Crippen MR) is 94.1 cm³/mol. The third-order valence-corrected chi connectivity index (χ3v) is 3.60. The number of carbonyl (C=O) groups is 1. The van der Waals surface area contributed by atoms with E-state index in [9.17, 15) is 14.9 Å². The van der Waals surface area contributed by atoms with Gasteiger partial charge >= 0.3 is 0 Å². The molecule has 126 valence electrons. The van der Waals surface area contributed by atoms with Gasteiger partial charge in [-0.25, -0.2) is 0 Å². The summed E-state index contributed by atoms with van der Waals surface area (Å²) in [5.74, 6) is -0.291. The van der Waals surface area contributed by atoms with E-state index in [1.165, 1.54) is 6.07 Å². The highest BCUT2D eigenvalue weighted by Crippen LogP contribution is 2.26. The van der Waals surface area contributed by atoms with Crippen LogP contribution < -0.4 is 10.6 Å². The van der Waals surface area contributed by atoms with E-state index in [-0.39, 0.29) is 11.6 Å². The Morgan fingerprint density at radius 1 is 1.17 bits per heavy atom. The lowest BCUT2D eigenvalue weighted by Gasteiger charge is -2.09. The van der Waals surface area contributed by atoms with Crippen molar-refractivity contribution < 1.29 is 9.72 Å². The van der Waals surface area contributed by atoms with E-state index in [0.717, 1.165) is 18.4 Å². The van der Waals surface area contributed by atoms with Crippen molar-refractivity contribution in [2.24, 2.45) is 0 Å². The number of hydrogen-bond acceptors (Lipinski definition) is 4. The summed E-state index contributed by atoms with van der Waals surface area (Å²) in [6.07, 6.45) is 1.85. The van der Waals surface area contributed by atoms with E-state index in [1.54, 1.807) is 12.1 Å². The Morgan fingerprint density at radius 2 is 1.92 bits per heavy atom. The molecular weight excluding hydrogens is 306 g/mol. The van der Waals surface area contributed by atoms with Crippen molar-refractivity contribution in [2.75, 3.05) is 11.9 Å². The van der Waals surface area contributed by atoms with Crippen LogP contribution in [0.2, 0.25) is 0 Å². The third kappa shape index (κ3) is 4.81. The van der Waals surface area contributed by atoms with Gasteiger partial charge in [0.15, 0.2) is 0 Å². The summed E-state index contributed by atoms with van der Waals surface area (Å²) >= 11 is 0. The molecule has 0 aliphatic rings. The van der Waals surface area contributed by atoms with Crippen molar-refractivity contribution >= 4 is 17.3 Å². The minimum absolute atomic E-state index is 0.103. The van der Waals surface area contributed by atoms with Gasteiger partial charge in [0.25, 0.3) is 11.6 Å². The molecule has 2 N–H and O–H groups in total. The van der Waals surface area contributed by atoms with Gasteiger partial charge in [-0.2, -0.15) is 0 Å². The average Bonchev–Trinajstić information content (AvgIpc) is 2.60. The highest BCUT2D eigenvalue weighted by molar-refractivity contribution is 5.95. The summed E-state index contributed by atoms with van der Waals surface area (Å²) in [6, 6.07) is 14.1. The molecule has 2 aromatic rings. The van der Waals surface area contributed by atoms with Crippen molar-refractivity contribution in [1.29, 1.82) is 0 Å². The lowest BCUT2D eigenvalue weighted by Crippen LogP contribution is -2.24. The van der Waals surface area contributed by atoms with Gasteiger partial charge in [0.05, 0.1) is 4.92 Å². The van der Waals surface area contributed by atoms with Crippen molar-refractivity contribution in [3.63, 3.8) is 0 Å². The fraction of sp³-hybridized carbons (Fsp3) is 0.278. The molecule has 0 radical (unpaired) electrons. The number of anilines is 1. The number of nitrogens with one attached hydrogen (secondary N) is 2. The molecule has 0 unspecified atom stereocenters. The Kier molecular flexibility index (Phi) is 6.31. The standard InChI is InChI=1S/C18H21N3O3/c1-2-3-11-19-18(22)15-9-10-16(17(12-15)21(23)24)20-13-14-7-5-4-6-8-14/h4-10,12,20H,2-3,11,13H2,1H3,(H,19,22). The molecule has 2 aromatic carbocycles. The highest BCUT2D eigenvalue weighted by Gasteiger charge is 2.17. The molecule has 0 aromatic heterocycles. The average molecular weight is 327 g/mol. The Balaban J connectivity index is 2.11. The normalized spacial score (nSPS) is 10.2. The first kappa shape index (κ1) is 17.5. The number of nitro benzene ring substituents is 1. The van der Waals surface area contributed by atoms with Crippen LogP contribution in [-0.4, -0.2) is 17.4 Å². The van der Waals surface area contributed by atoms with Gasteiger partial charge in [0, 0.05) is 24.7 Å². The zero-order valence-electron chi connectivity index (χ0n) is 13.6. The van der Waals surface area contributed by atoms with E-state index < -0.39 is 4.92 Å². The van der Waals surface area contributed by atoms with Crippen molar-refractivity contribution in [1.82, 2.24) is 5.32 Å². The summed E-state index contributed by atoms with van der Waals surface area (Å²) in [5.41, 5.74) is 1.61. The maximum absolute atomic E-state index is 12.0. The maximum Gasteiger partial charge on any atom is 0.293 e. The number of benzene rings is 2. The number of unbranched alkanes of at least 4 members (excludes halogenated alkanes) is 1. The Labute approximate surface area is 141 Å². The van der Waals surface area contributed by atoms with Crippen LogP contribution in [0.15, 0.2) is 48.5 Å². The monoisotopic (exact) mass is 327 g/mol. The molecule has 1 amide bonds. The molecule has 0 heterocycles. The van der Waals surface area contributed by atoms with Crippen LogP contribution in [0.3, 0.4) is 0 Å². The van der Waals surface area contributed by atoms with E-state index >= 15 is 0 Å². The topological polar surface area (TPSA) is 84.3 Å². The van der Waals surface area contributed by atoms with Crippen molar-refractivity contribution in [3.05, 3.63) is 69.8 Å². The minimum atomic E-state index is -0.476. The van der Waals surface area contributed by atoms with Crippen LogP contribution in [0.4, 0.5) is 11.4 Å². The third-order valence-electron chi connectivity index (χ3n) is 3.60. The summed E-state index contributed by atoms with van der Waals surface area (Å²) in [7, 11) is 0. The summed E-state index contributed by atoms with van der Waals surface area (Å²) in [6.45, 7) is 3.07. The first-order valence-electron chi connectivity index (χ1n) is 7.96. The van der Waals surface area contributed by atoms with E-state index in [0.29, 0.717) is 24.3 Å². The molecule has 0 aliphatic carbocycles. The van der Waals surface area contributed by atoms with Crippen LogP contribution >= 0.6 is 0 Å². The van der Waals surface area contributed by atoms with Crippen LogP contribution in [0.5, 0.6) is 0 Å². The van der Waals surface area contributed by atoms with Gasteiger partial charge in [-0.1, -0.05) is 43.7 Å². The lowest BCUT2D eigenvalue weighted by atomic mass is 10.1. The van der Waals surface area contributed by atoms with Gasteiger partial charge in [0.2, 0.25) is 0 Å². The van der Waals surface area contributed by atoms with Gasteiger partial charge < -0.3 is 10.6 Å². The van der Waals surface area contributed by atoms with E-state index in [1.807, 2.05) is 37.3 Å². The largest absolute Gasteiger partial charge is 0.375 e. The molecule has 0 aliphatic heterocycles. The Bertz CT molecular complexity index is 702. The van der Waals surface area contributed by atoms with Crippen molar-refractivity contribution in [3.8, 4) is 0 Å². The quantitative estimate of drug-likeness (QED) is 0.439. The van der Waals surface area contributed by atoms with E-state index in [4.69, 9.17) is 0 Å². The fourth-order valence-electron chi connectivity index (χ4n) is 2.25. The highest BCUT2D eigenvalue weighted by atomic mass is 16.6. The molecule has 0 bridgehead atoms. The maximum atomic E-state index is 12.0. The van der Waals surface area contributed by atoms with Gasteiger partial charge in [-0.15, -0.1) is 0 Å². The second-order valence-electron chi connectivity index (χ2n) is 5.44. The van der Waals surface area contributed by atoms with Crippen molar-refractivity contribution in [2.45, 2.75) is 26.3 Å². The molecule has 0 fully saturated rings. The fourth-order valence-corrected chi connectivity index (χ4v) is 2.25. The first-order chi connectivity index (χ1) is 11.6. The SMILES string of the molecule is CCCCNC(=O)c1ccc(NCc2ccccc2)c([N+](=O)[O-])c1. The summed E-state index contributed by atoms with van der Waals surface area (Å²) < 4.78 is 0. The zero-order valence-corrected chi connectivity index (χ0v) is 13.6. The smallest absolute Gasteiger partial charge is 0.293 e. The molecule has 0 saturated heterocycles. The van der Waals surface area contributed by atoms with Gasteiger partial charge in [-0.05, 0) is 24.1 Å². The number of carbonyl (C=O) groups excluding carboxylic acids is 1. The van der Waals surface area contributed by atoms with Crippen LogP contribution in [0.1, 0.15) is 35.7 Å². The number of rotatable bonds is 8. The zero-order chi connectivity index (χ0) is 17.4. The molecule has 6 nitrogen and oxygen atoms in total. The Morgan fingerprint density at radius 3 is 2.58 bits per heavy atom. The molecule has 0 saturated carbocycles. The second kappa shape index (κ2) is 8.67. The summed E-state index contributed by atoms with van der Waals surface area (Å²) in [5, 5.41) is 17.1. The number of nitro groups is 1. The summed E-state index contributed by atoms with van der Waals surface area (Å²) in [4.78, 5) is 22.9. The predicted octanol–water partition coefficient (Wildman–Crippen LogP) is 3.74. The molecule has 0 atom stereocenters. The lowest BCUT2D eigenvalue weighted by molar-refractivity contribution is -0.384. The first-order valence-corrected chi connectivity index (χ1v) is 7.96. The molecule has 2 rings (SSSR count). The number of amides is 1. The minimum Gasteiger partial charge on any atom is -0.375 e. The van der Waals surface area contributed by atoms with E-state index in [2.05, 4.69) is 10.6 Å². The van der Waals surface area contributed by atoms with Gasteiger partial charge in [-0.3, -0.25) is 14.9 Å².